The molecule has 1 aromatic heterocycles. The fraction of sp³-hybridized carbons (Fsp3) is 0.418. The van der Waals surface area contributed by atoms with Gasteiger partial charge in [-0.2, -0.15) is 18.4 Å². The van der Waals surface area contributed by atoms with Crippen LogP contribution in [-0.2, 0) is 34.8 Å². The molecule has 0 saturated carbocycles. The van der Waals surface area contributed by atoms with Crippen LogP contribution in [0.4, 0.5) is 28.9 Å². The van der Waals surface area contributed by atoms with Crippen LogP contribution in [0.25, 0.3) is 21.6 Å². The van der Waals surface area contributed by atoms with E-state index in [0.717, 1.165) is 32.7 Å². The number of carbonyl (C=O) groups is 3. The molecule has 0 radical (unpaired) electrons. The Balaban J connectivity index is 0.796. The first kappa shape index (κ1) is 57.3. The number of aryl methyl sites for hydroxylation is 1. The van der Waals surface area contributed by atoms with E-state index in [2.05, 4.69) is 15.6 Å². The number of benzene rings is 4. The molecule has 4 atom stereocenters. The normalized spacial score (nSPS) is 17.5. The third kappa shape index (κ3) is 13.2. The number of likely N-dealkylation sites (tertiary alicyclic amines) is 1. The van der Waals surface area contributed by atoms with Gasteiger partial charge in [0.25, 0.3) is 5.91 Å². The fourth-order valence-electron chi connectivity index (χ4n) is 9.07. The van der Waals surface area contributed by atoms with Crippen LogP contribution in [0.1, 0.15) is 76.4 Å². The lowest BCUT2D eigenvalue weighted by molar-refractivity contribution is -0.143. The number of nitrogens with one attached hydrogen (secondary N) is 2. The third-order valence-corrected chi connectivity index (χ3v) is 14.5. The first-order valence-electron chi connectivity index (χ1n) is 24.6. The van der Waals surface area contributed by atoms with Crippen molar-refractivity contribution in [1.29, 1.82) is 5.26 Å². The molecule has 0 aliphatic carbocycles. The van der Waals surface area contributed by atoms with Crippen molar-refractivity contribution in [3.8, 4) is 33.4 Å². The molecule has 3 N–H and O–H groups in total. The van der Waals surface area contributed by atoms with E-state index in [1.165, 1.54) is 47.9 Å². The number of β-amino-alcohol motifs (C(OH)–C–C–N with tert-alkyl or cyclic N) is 1. The van der Waals surface area contributed by atoms with Crippen molar-refractivity contribution in [2.75, 3.05) is 62.7 Å². The second-order valence-corrected chi connectivity index (χ2v) is 21.2. The van der Waals surface area contributed by atoms with Gasteiger partial charge in [0.1, 0.15) is 29.8 Å². The molecule has 4 aromatic carbocycles. The summed E-state index contributed by atoms with van der Waals surface area (Å²) in [4.78, 5) is 50.5. The number of rotatable bonds is 21. The second kappa shape index (κ2) is 24.3. The summed E-state index contributed by atoms with van der Waals surface area (Å²) in [6, 6.07) is 21.5. The topological polar surface area (TPSA) is 179 Å². The Labute approximate surface area is 448 Å². The highest BCUT2D eigenvalue weighted by atomic mass is 32.1. The molecule has 7 rings (SSSR count). The van der Waals surface area contributed by atoms with Crippen LogP contribution >= 0.6 is 23.6 Å². The molecule has 2 aliphatic rings. The molecule has 3 heterocycles. The predicted octanol–water partition coefficient (Wildman–Crippen LogP) is 8.96. The SMILES string of the molecule is Cc1ncsc1-c1ccc([C@H](C)NC(=O)[C@@H]2C[C@@H](O)CN2C(=O)[C@@H](NCOCCOCCOCCOc2ccc(-c3ccc(N4C(=S)N(c5ccc(C#N)c(C(F)(F)F)c5)C(=O)C4(C)C)cc3F)cc2)C(C)(C)C)cc1. The van der Waals surface area contributed by atoms with E-state index in [1.807, 2.05) is 64.4 Å². The van der Waals surface area contributed by atoms with E-state index in [4.69, 9.17) is 31.2 Å². The highest BCUT2D eigenvalue weighted by molar-refractivity contribution is 7.81. The Kier molecular flexibility index (Phi) is 18.3. The molecular formula is C55H61F4N7O8S2. The third-order valence-electron chi connectivity index (χ3n) is 13.1. The number of aliphatic hydroxyl groups excluding tert-OH is 1. The minimum absolute atomic E-state index is 0.0403. The van der Waals surface area contributed by atoms with Gasteiger partial charge < -0.3 is 39.2 Å². The van der Waals surface area contributed by atoms with Gasteiger partial charge in [0.2, 0.25) is 11.8 Å². The summed E-state index contributed by atoms with van der Waals surface area (Å²) in [7, 11) is 0. The quantitative estimate of drug-likeness (QED) is 0.0275. The van der Waals surface area contributed by atoms with Crippen molar-refractivity contribution in [2.24, 2.45) is 5.41 Å². The molecule has 404 valence electrons. The van der Waals surface area contributed by atoms with Crippen molar-refractivity contribution >= 4 is 57.8 Å². The number of anilines is 2. The number of alkyl halides is 3. The highest BCUT2D eigenvalue weighted by Gasteiger charge is 2.51. The second-order valence-electron chi connectivity index (χ2n) is 20.0. The molecule has 2 fully saturated rings. The van der Waals surface area contributed by atoms with E-state index >= 15 is 4.39 Å². The van der Waals surface area contributed by atoms with Crippen LogP contribution in [-0.4, -0.2) is 114 Å². The number of amides is 3. The van der Waals surface area contributed by atoms with Crippen LogP contribution < -0.4 is 25.2 Å². The van der Waals surface area contributed by atoms with E-state index in [-0.39, 0.29) is 86.0 Å². The highest BCUT2D eigenvalue weighted by Crippen LogP contribution is 2.41. The predicted molar refractivity (Wildman–Crippen MR) is 284 cm³/mol. The molecule has 2 aliphatic heterocycles. The lowest BCUT2D eigenvalue weighted by Gasteiger charge is -2.35. The maximum absolute atomic E-state index is 15.8. The number of carbonyl (C=O) groups excluding carboxylic acids is 3. The summed E-state index contributed by atoms with van der Waals surface area (Å²) in [6.07, 6.45) is -5.56. The van der Waals surface area contributed by atoms with Crippen LogP contribution in [0.5, 0.6) is 5.75 Å². The van der Waals surface area contributed by atoms with E-state index in [0.29, 0.717) is 30.6 Å². The largest absolute Gasteiger partial charge is 0.491 e. The number of hydrogen-bond acceptors (Lipinski definition) is 13. The average Bonchev–Trinajstić information content (AvgIpc) is 4.04. The van der Waals surface area contributed by atoms with Gasteiger partial charge in [-0.1, -0.05) is 57.2 Å². The van der Waals surface area contributed by atoms with Crippen molar-refractivity contribution in [2.45, 2.75) is 90.8 Å². The lowest BCUT2D eigenvalue weighted by Crippen LogP contribution is -2.57. The van der Waals surface area contributed by atoms with Gasteiger partial charge in [0.15, 0.2) is 5.11 Å². The Bertz CT molecular complexity index is 2930. The first-order chi connectivity index (χ1) is 36.0. The van der Waals surface area contributed by atoms with Gasteiger partial charge in [-0.15, -0.1) is 11.3 Å². The monoisotopic (exact) mass is 1090 g/mol. The number of thiazole rings is 1. The number of halogens is 4. The van der Waals surface area contributed by atoms with Gasteiger partial charge in [-0.3, -0.25) is 24.6 Å². The summed E-state index contributed by atoms with van der Waals surface area (Å²) in [6.45, 7) is 14.4. The van der Waals surface area contributed by atoms with Crippen molar-refractivity contribution < 1.29 is 56.0 Å². The Morgan fingerprint density at radius 2 is 1.55 bits per heavy atom. The van der Waals surface area contributed by atoms with Crippen molar-refractivity contribution in [3.05, 3.63) is 119 Å². The molecule has 2 saturated heterocycles. The zero-order valence-corrected chi connectivity index (χ0v) is 44.8. The molecule has 5 aromatic rings. The molecule has 0 spiro atoms. The molecule has 3 amide bonds. The smallest absolute Gasteiger partial charge is 0.417 e. The number of aromatic nitrogens is 1. The minimum Gasteiger partial charge on any atom is -0.491 e. The van der Waals surface area contributed by atoms with Crippen LogP contribution in [0.3, 0.4) is 0 Å². The Morgan fingerprint density at radius 3 is 2.16 bits per heavy atom. The summed E-state index contributed by atoms with van der Waals surface area (Å²) < 4.78 is 79.9. The zero-order chi connectivity index (χ0) is 55.1. The zero-order valence-electron chi connectivity index (χ0n) is 43.2. The molecule has 76 heavy (non-hydrogen) atoms. The first-order valence-corrected chi connectivity index (χ1v) is 25.9. The van der Waals surface area contributed by atoms with Gasteiger partial charge in [0, 0.05) is 24.2 Å². The maximum atomic E-state index is 15.8. The van der Waals surface area contributed by atoms with Gasteiger partial charge in [-0.05, 0) is 111 Å². The van der Waals surface area contributed by atoms with Gasteiger partial charge >= 0.3 is 6.18 Å². The van der Waals surface area contributed by atoms with E-state index in [1.54, 1.807) is 41.7 Å². The standard InChI is InChI=1S/C55H61F4N7O8S2/c1-33(35-8-10-37(11-9-35)47-34(2)62-32-76-47)63-49(68)46-28-41(67)30-64(46)50(69)48(53(3,4)5)61-31-73-23-22-71-20-21-72-24-25-74-42-17-13-36(14-18-42)43-19-16-40(27-45(43)56)66-52(75)65(51(70)54(66,6)7)39-15-12-38(29-60)44(26-39)55(57,58)59/h8-19,26-27,32-33,41,46,48,61,67H,20-25,28,30-31H2,1-7H3,(H,63,68)/t33-,41+,46-,48+/m0/s1. The van der Waals surface area contributed by atoms with Gasteiger partial charge in [0.05, 0.1) is 96.9 Å². The summed E-state index contributed by atoms with van der Waals surface area (Å²) in [5.41, 5.74) is 1.82. The Morgan fingerprint density at radius 1 is 0.921 bits per heavy atom. The number of nitrogens with zero attached hydrogens (tertiary/aromatic N) is 5. The number of hydrogen-bond donors (Lipinski definition) is 3. The summed E-state index contributed by atoms with van der Waals surface area (Å²) >= 11 is 7.16. The van der Waals surface area contributed by atoms with Gasteiger partial charge in [-0.25, -0.2) is 9.37 Å². The Hall–Kier alpha value is -6.38. The van der Waals surface area contributed by atoms with Crippen LogP contribution in [0.15, 0.2) is 90.4 Å². The van der Waals surface area contributed by atoms with Crippen LogP contribution in [0.2, 0.25) is 0 Å². The number of aliphatic hydroxyl groups is 1. The number of ether oxygens (including phenoxy) is 4. The molecule has 0 unspecified atom stereocenters. The fourth-order valence-corrected chi connectivity index (χ4v) is 10.4. The lowest BCUT2D eigenvalue weighted by atomic mass is 9.85. The van der Waals surface area contributed by atoms with E-state index < -0.39 is 58.2 Å². The molecule has 0 bridgehead atoms. The van der Waals surface area contributed by atoms with Crippen molar-refractivity contribution in [1.82, 2.24) is 20.5 Å². The number of thiocarbonyl (C=S) groups is 1. The van der Waals surface area contributed by atoms with E-state index in [9.17, 15) is 37.9 Å². The molecule has 21 heteroatoms. The molecular weight excluding hydrogens is 1030 g/mol. The summed E-state index contributed by atoms with van der Waals surface area (Å²) in [5.74, 6) is -1.37. The minimum atomic E-state index is -4.85. The van der Waals surface area contributed by atoms with Crippen molar-refractivity contribution in [3.63, 3.8) is 0 Å². The number of nitriles is 1. The summed E-state index contributed by atoms with van der Waals surface area (Å²) in [5, 5.41) is 25.9. The molecule has 15 nitrogen and oxygen atoms in total. The maximum Gasteiger partial charge on any atom is 0.417 e. The average molecular weight is 1090 g/mol. The van der Waals surface area contributed by atoms with Crippen LogP contribution in [0, 0.1) is 29.5 Å².